The molecule has 124 valence electrons. The minimum Gasteiger partial charge on any atom is -0.318 e. The molecule has 1 unspecified atom stereocenters. The summed E-state index contributed by atoms with van der Waals surface area (Å²) in [5.74, 6) is 0. The number of hydrogen-bond acceptors (Lipinski definition) is 4. The molecule has 0 aromatic rings. The highest BCUT2D eigenvalue weighted by Crippen LogP contribution is 2.33. The van der Waals surface area contributed by atoms with Crippen LogP contribution in [0.3, 0.4) is 0 Å². The topological polar surface area (TPSA) is 44.4 Å². The standard InChI is InChI=1S/C12H25N3.C2H3F2OP/c1-13-11-12(5-3-2-4-6-12)15-9-7-14-8-10-15;3-2(4,6)1-5/h13-14H,2-11H2,1H3;1H,6H2. The van der Waals surface area contributed by atoms with Crippen molar-refractivity contribution in [3.05, 3.63) is 0 Å². The van der Waals surface area contributed by atoms with Gasteiger partial charge in [-0.2, -0.15) is 8.78 Å². The number of carbonyl (C=O) groups excluding carboxylic acids is 1. The Morgan fingerprint density at radius 2 is 1.81 bits per heavy atom. The second-order valence-corrected chi connectivity index (χ2v) is 6.61. The predicted molar refractivity (Wildman–Crippen MR) is 84.9 cm³/mol. The zero-order valence-electron chi connectivity index (χ0n) is 12.8. The van der Waals surface area contributed by atoms with E-state index in [2.05, 4.69) is 22.6 Å². The molecule has 0 aromatic carbocycles. The monoisotopic (exact) mass is 323 g/mol. The van der Waals surface area contributed by atoms with Gasteiger partial charge in [0, 0.05) is 38.3 Å². The van der Waals surface area contributed by atoms with Gasteiger partial charge < -0.3 is 10.6 Å². The van der Waals surface area contributed by atoms with Gasteiger partial charge in [0.1, 0.15) is 0 Å². The first kappa shape index (κ1) is 18.9. The Morgan fingerprint density at radius 1 is 1.29 bits per heavy atom. The van der Waals surface area contributed by atoms with Crippen LogP contribution in [0.1, 0.15) is 32.1 Å². The molecule has 1 aliphatic carbocycles. The number of nitrogens with one attached hydrogen (secondary N) is 2. The molecule has 4 nitrogen and oxygen atoms in total. The molecule has 0 spiro atoms. The third-order valence-corrected chi connectivity index (χ3v) is 4.37. The van der Waals surface area contributed by atoms with E-state index in [4.69, 9.17) is 4.79 Å². The van der Waals surface area contributed by atoms with E-state index in [-0.39, 0.29) is 0 Å². The number of likely N-dealkylation sites (N-methyl/N-ethyl adjacent to an activating group) is 1. The van der Waals surface area contributed by atoms with Gasteiger partial charge in [-0.3, -0.25) is 9.69 Å². The molecular formula is C14H28F2N3OP. The predicted octanol–water partition coefficient (Wildman–Crippen LogP) is 1.47. The Labute approximate surface area is 128 Å². The van der Waals surface area contributed by atoms with Gasteiger partial charge in [0.15, 0.2) is 6.29 Å². The maximum absolute atomic E-state index is 11.0. The van der Waals surface area contributed by atoms with Gasteiger partial charge in [0.05, 0.1) is 0 Å². The van der Waals surface area contributed by atoms with Crippen LogP contribution in [0.5, 0.6) is 0 Å². The quantitative estimate of drug-likeness (QED) is 0.607. The van der Waals surface area contributed by atoms with Crippen molar-refractivity contribution in [3.8, 4) is 0 Å². The van der Waals surface area contributed by atoms with Gasteiger partial charge >= 0.3 is 5.66 Å². The Hall–Kier alpha value is -0.160. The van der Waals surface area contributed by atoms with Gasteiger partial charge in [-0.05, 0) is 19.9 Å². The lowest BCUT2D eigenvalue weighted by molar-refractivity contribution is -0.119. The number of piperazine rings is 1. The van der Waals surface area contributed by atoms with Crippen LogP contribution in [-0.4, -0.2) is 62.2 Å². The van der Waals surface area contributed by atoms with Crippen LogP contribution in [0.25, 0.3) is 0 Å². The van der Waals surface area contributed by atoms with Crippen molar-refractivity contribution in [1.82, 2.24) is 15.5 Å². The van der Waals surface area contributed by atoms with Crippen LogP contribution >= 0.6 is 9.24 Å². The number of carbonyl (C=O) groups is 1. The highest BCUT2D eigenvalue weighted by molar-refractivity contribution is 7.19. The lowest BCUT2D eigenvalue weighted by atomic mass is 9.79. The molecule has 1 saturated carbocycles. The Bertz CT molecular complexity index is 296. The SMILES string of the molecule is CNCC1(N2CCNCC2)CCCCC1.O=CC(F)(F)P. The number of nitrogens with zero attached hydrogens (tertiary/aromatic N) is 1. The number of hydrogen-bond donors (Lipinski definition) is 2. The first-order chi connectivity index (χ1) is 9.93. The number of aldehydes is 1. The molecule has 7 heteroatoms. The van der Waals surface area contributed by atoms with Crippen molar-refractivity contribution in [2.75, 3.05) is 39.8 Å². The fourth-order valence-electron chi connectivity index (χ4n) is 3.28. The molecule has 1 heterocycles. The summed E-state index contributed by atoms with van der Waals surface area (Å²) in [6, 6.07) is 0. The van der Waals surface area contributed by atoms with Gasteiger partial charge in [-0.1, -0.05) is 28.5 Å². The number of rotatable bonds is 4. The maximum Gasteiger partial charge on any atom is 0.312 e. The average molecular weight is 323 g/mol. The van der Waals surface area contributed by atoms with Crippen LogP contribution < -0.4 is 10.6 Å². The molecule has 1 saturated heterocycles. The zero-order chi connectivity index (χ0) is 15.8. The minimum absolute atomic E-state index is 0.433. The van der Waals surface area contributed by atoms with Crippen molar-refractivity contribution in [3.63, 3.8) is 0 Å². The first-order valence-electron chi connectivity index (χ1n) is 7.67. The molecule has 0 aromatic heterocycles. The van der Waals surface area contributed by atoms with Crippen LogP contribution in [-0.2, 0) is 4.79 Å². The summed E-state index contributed by atoms with van der Waals surface area (Å²) in [6.07, 6.45) is 6.65. The molecule has 2 rings (SSSR count). The van der Waals surface area contributed by atoms with Crippen molar-refractivity contribution < 1.29 is 13.6 Å². The van der Waals surface area contributed by atoms with E-state index >= 15 is 0 Å². The third-order valence-electron chi connectivity index (χ3n) is 4.24. The summed E-state index contributed by atoms with van der Waals surface area (Å²) in [7, 11) is 3.19. The molecular weight excluding hydrogens is 295 g/mol. The summed E-state index contributed by atoms with van der Waals surface area (Å²) in [5.41, 5.74) is -2.74. The summed E-state index contributed by atoms with van der Waals surface area (Å²) < 4.78 is 22.1. The number of alkyl halides is 2. The van der Waals surface area contributed by atoms with E-state index < -0.39 is 11.9 Å². The van der Waals surface area contributed by atoms with Gasteiger partial charge in [0.25, 0.3) is 0 Å². The van der Waals surface area contributed by atoms with E-state index in [0.717, 1.165) is 9.24 Å². The van der Waals surface area contributed by atoms with Gasteiger partial charge in [-0.25, -0.2) is 0 Å². The lowest BCUT2D eigenvalue weighted by Gasteiger charge is -2.48. The van der Waals surface area contributed by atoms with Crippen LogP contribution in [0.15, 0.2) is 0 Å². The molecule has 0 radical (unpaired) electrons. The van der Waals surface area contributed by atoms with E-state index in [1.165, 1.54) is 64.8 Å². The Kier molecular flexibility index (Phi) is 8.17. The summed E-state index contributed by atoms with van der Waals surface area (Å²) >= 11 is 0. The van der Waals surface area contributed by atoms with Gasteiger partial charge in [0.2, 0.25) is 0 Å². The summed E-state index contributed by atoms with van der Waals surface area (Å²) in [5, 5.41) is 6.86. The summed E-state index contributed by atoms with van der Waals surface area (Å²) in [6.45, 7) is 5.99. The van der Waals surface area contributed by atoms with Crippen LogP contribution in [0.2, 0.25) is 0 Å². The van der Waals surface area contributed by atoms with Crippen LogP contribution in [0, 0.1) is 0 Å². The second kappa shape index (κ2) is 9.09. The number of halogens is 2. The Morgan fingerprint density at radius 3 is 2.24 bits per heavy atom. The van der Waals surface area contributed by atoms with E-state index in [1.54, 1.807) is 0 Å². The highest BCUT2D eigenvalue weighted by Gasteiger charge is 2.37. The van der Waals surface area contributed by atoms with E-state index in [0.29, 0.717) is 5.54 Å². The summed E-state index contributed by atoms with van der Waals surface area (Å²) in [4.78, 5) is 11.8. The lowest BCUT2D eigenvalue weighted by Crippen LogP contribution is -2.60. The normalized spacial score (nSPS) is 23.0. The molecule has 2 aliphatic rings. The average Bonchev–Trinajstić information content (AvgIpc) is 2.49. The van der Waals surface area contributed by atoms with Crippen molar-refractivity contribution in [2.24, 2.45) is 0 Å². The molecule has 0 amide bonds. The smallest absolute Gasteiger partial charge is 0.312 e. The first-order valence-corrected chi connectivity index (χ1v) is 8.25. The van der Waals surface area contributed by atoms with E-state index in [1.807, 2.05) is 0 Å². The van der Waals surface area contributed by atoms with Gasteiger partial charge in [-0.15, -0.1) is 0 Å². The highest BCUT2D eigenvalue weighted by atomic mass is 31.0. The van der Waals surface area contributed by atoms with Crippen molar-refractivity contribution in [2.45, 2.75) is 43.3 Å². The van der Waals surface area contributed by atoms with Crippen molar-refractivity contribution in [1.29, 1.82) is 0 Å². The molecule has 2 N–H and O–H groups in total. The largest absolute Gasteiger partial charge is 0.318 e. The fraction of sp³-hybridized carbons (Fsp3) is 0.929. The van der Waals surface area contributed by atoms with E-state index in [9.17, 15) is 8.78 Å². The van der Waals surface area contributed by atoms with Crippen molar-refractivity contribution >= 4 is 15.5 Å². The Balaban J connectivity index is 0.000000315. The fourth-order valence-corrected chi connectivity index (χ4v) is 3.28. The molecule has 2 fully saturated rings. The zero-order valence-corrected chi connectivity index (χ0v) is 14.0. The second-order valence-electron chi connectivity index (χ2n) is 5.84. The van der Waals surface area contributed by atoms with Crippen LogP contribution in [0.4, 0.5) is 8.78 Å². The maximum atomic E-state index is 11.0. The molecule has 0 bridgehead atoms. The molecule has 1 aliphatic heterocycles. The third kappa shape index (κ3) is 6.64. The molecule has 1 atom stereocenters. The molecule has 21 heavy (non-hydrogen) atoms. The minimum atomic E-state index is -3.22.